The van der Waals surface area contributed by atoms with E-state index in [0.29, 0.717) is 13.1 Å². The molecule has 0 aromatic heterocycles. The van der Waals surface area contributed by atoms with Gasteiger partial charge in [-0.1, -0.05) is 6.07 Å². The van der Waals surface area contributed by atoms with E-state index < -0.39 is 11.7 Å². The first-order chi connectivity index (χ1) is 8.51. The largest absolute Gasteiger partial charge is 0.504 e. The van der Waals surface area contributed by atoms with Crippen LogP contribution in [0.4, 0.5) is 0 Å². The Labute approximate surface area is 106 Å². The zero-order valence-electron chi connectivity index (χ0n) is 10.4. The predicted octanol–water partition coefficient (Wildman–Crippen LogP) is 1.72. The lowest BCUT2D eigenvalue weighted by molar-refractivity contribution is 0.0749. The van der Waals surface area contributed by atoms with Gasteiger partial charge in [0.05, 0.1) is 17.6 Å². The second-order valence-electron chi connectivity index (χ2n) is 4.05. The van der Waals surface area contributed by atoms with Crippen LogP contribution in [0.3, 0.4) is 0 Å². The normalized spacial score (nSPS) is 11.6. The fourth-order valence-electron chi connectivity index (χ4n) is 1.60. The molecule has 0 saturated heterocycles. The maximum Gasteiger partial charge on any atom is 0.257 e. The molecule has 5 heteroatoms. The molecule has 0 spiro atoms. The first kappa shape index (κ1) is 13.8. The lowest BCUT2D eigenvalue weighted by Gasteiger charge is -2.22. The minimum absolute atomic E-state index is 0.0435. The van der Waals surface area contributed by atoms with E-state index in [4.69, 9.17) is 5.26 Å². The molecule has 0 aliphatic rings. The van der Waals surface area contributed by atoms with E-state index in [2.05, 4.69) is 6.07 Å². The highest BCUT2D eigenvalue weighted by Gasteiger charge is 2.20. The number of hydrogen-bond acceptors (Lipinski definition) is 4. The Kier molecular flexibility index (Phi) is 4.55. The molecule has 0 saturated carbocycles. The van der Waals surface area contributed by atoms with Crippen LogP contribution in [-0.4, -0.2) is 34.1 Å². The maximum absolute atomic E-state index is 12.1. The monoisotopic (exact) mass is 248 g/mol. The molecule has 1 aromatic rings. The predicted molar refractivity (Wildman–Crippen MR) is 66.1 cm³/mol. The van der Waals surface area contributed by atoms with Crippen LogP contribution in [0.1, 0.15) is 24.2 Å². The van der Waals surface area contributed by atoms with Gasteiger partial charge in [-0.2, -0.15) is 5.26 Å². The lowest BCUT2D eigenvalue weighted by Crippen LogP contribution is -2.34. The summed E-state index contributed by atoms with van der Waals surface area (Å²) in [6, 6.07) is 6.29. The van der Waals surface area contributed by atoms with Gasteiger partial charge in [0.15, 0.2) is 11.5 Å². The second-order valence-corrected chi connectivity index (χ2v) is 4.05. The van der Waals surface area contributed by atoms with Gasteiger partial charge < -0.3 is 15.1 Å². The molecule has 1 atom stereocenters. The summed E-state index contributed by atoms with van der Waals surface area (Å²) in [5, 5.41) is 27.8. The molecule has 0 heterocycles. The number of hydrogen-bond donors (Lipinski definition) is 2. The van der Waals surface area contributed by atoms with Crippen LogP contribution in [0, 0.1) is 17.2 Å². The smallest absolute Gasteiger partial charge is 0.257 e. The summed E-state index contributed by atoms with van der Waals surface area (Å²) in [6.45, 7) is 4.24. The molecule has 0 bridgehead atoms. The Hall–Kier alpha value is -2.22. The molecule has 0 radical (unpaired) electrons. The maximum atomic E-state index is 12.1. The highest BCUT2D eigenvalue weighted by molar-refractivity contribution is 5.97. The number of phenols is 2. The average molecular weight is 248 g/mol. The second kappa shape index (κ2) is 5.92. The van der Waals surface area contributed by atoms with Crippen LogP contribution in [0.2, 0.25) is 0 Å². The van der Waals surface area contributed by atoms with Crippen molar-refractivity contribution in [3.8, 4) is 17.6 Å². The fourth-order valence-corrected chi connectivity index (χ4v) is 1.60. The number of para-hydroxylation sites is 1. The molecule has 1 rings (SSSR count). The Bertz CT molecular complexity index is 480. The zero-order valence-corrected chi connectivity index (χ0v) is 10.4. The Morgan fingerprint density at radius 3 is 2.72 bits per heavy atom. The Morgan fingerprint density at radius 1 is 1.50 bits per heavy atom. The Morgan fingerprint density at radius 2 is 2.17 bits per heavy atom. The molecular formula is C13H16N2O3. The third-order valence-electron chi connectivity index (χ3n) is 2.63. The van der Waals surface area contributed by atoms with Gasteiger partial charge in [-0.05, 0) is 26.0 Å². The van der Waals surface area contributed by atoms with Gasteiger partial charge in [-0.25, -0.2) is 0 Å². The number of rotatable bonds is 4. The number of nitrogens with zero attached hydrogens (tertiary/aromatic N) is 2. The van der Waals surface area contributed by atoms with Crippen molar-refractivity contribution in [1.82, 2.24) is 4.90 Å². The number of phenolic OH excluding ortho intramolecular Hbond substituents is 2. The SMILES string of the molecule is CCN(CC(C)C#N)C(=O)c1cccc(O)c1O. The van der Waals surface area contributed by atoms with E-state index in [1.165, 1.54) is 23.1 Å². The number of nitriles is 1. The van der Waals surface area contributed by atoms with E-state index in [9.17, 15) is 15.0 Å². The molecule has 0 aliphatic carbocycles. The van der Waals surface area contributed by atoms with Crippen molar-refractivity contribution in [2.24, 2.45) is 5.92 Å². The van der Waals surface area contributed by atoms with E-state index >= 15 is 0 Å². The summed E-state index contributed by atoms with van der Waals surface area (Å²) >= 11 is 0. The van der Waals surface area contributed by atoms with Crippen LogP contribution < -0.4 is 0 Å². The summed E-state index contributed by atoms with van der Waals surface area (Å²) in [4.78, 5) is 13.6. The quantitative estimate of drug-likeness (QED) is 0.794. The van der Waals surface area contributed by atoms with Crippen molar-refractivity contribution in [2.45, 2.75) is 13.8 Å². The number of carbonyl (C=O) groups is 1. The fraction of sp³-hybridized carbons (Fsp3) is 0.385. The molecule has 1 amide bonds. The number of aromatic hydroxyl groups is 2. The first-order valence-corrected chi connectivity index (χ1v) is 5.71. The van der Waals surface area contributed by atoms with Crippen LogP contribution in [0.25, 0.3) is 0 Å². The van der Waals surface area contributed by atoms with Gasteiger partial charge in [0.1, 0.15) is 0 Å². The lowest BCUT2D eigenvalue weighted by atomic mass is 10.1. The summed E-state index contributed by atoms with van der Waals surface area (Å²) in [7, 11) is 0. The summed E-state index contributed by atoms with van der Waals surface area (Å²) < 4.78 is 0. The van der Waals surface area contributed by atoms with Gasteiger partial charge in [-0.3, -0.25) is 4.79 Å². The minimum Gasteiger partial charge on any atom is -0.504 e. The van der Waals surface area contributed by atoms with E-state index in [0.717, 1.165) is 0 Å². The van der Waals surface area contributed by atoms with E-state index in [1.54, 1.807) is 13.8 Å². The van der Waals surface area contributed by atoms with Crippen molar-refractivity contribution >= 4 is 5.91 Å². The molecule has 2 N–H and O–H groups in total. The first-order valence-electron chi connectivity index (χ1n) is 5.71. The van der Waals surface area contributed by atoms with Crippen LogP contribution in [-0.2, 0) is 0 Å². The van der Waals surface area contributed by atoms with Gasteiger partial charge in [0.2, 0.25) is 0 Å². The molecule has 1 aromatic carbocycles. The standard InChI is InChI=1S/C13H16N2O3/c1-3-15(8-9(2)7-14)13(18)10-5-4-6-11(16)12(10)17/h4-6,9,16-17H,3,8H2,1-2H3. The van der Waals surface area contributed by atoms with Gasteiger partial charge in [0.25, 0.3) is 5.91 Å². The van der Waals surface area contributed by atoms with Crippen LogP contribution >= 0.6 is 0 Å². The topological polar surface area (TPSA) is 84.6 Å². The number of carbonyl (C=O) groups excluding carboxylic acids is 1. The van der Waals surface area contributed by atoms with Gasteiger partial charge in [0, 0.05) is 13.1 Å². The number of amides is 1. The average Bonchev–Trinajstić information content (AvgIpc) is 2.38. The number of benzene rings is 1. The van der Waals surface area contributed by atoms with Crippen molar-refractivity contribution < 1.29 is 15.0 Å². The minimum atomic E-state index is -0.425. The molecular weight excluding hydrogens is 232 g/mol. The van der Waals surface area contributed by atoms with Crippen molar-refractivity contribution in [3.63, 3.8) is 0 Å². The molecule has 5 nitrogen and oxygen atoms in total. The third kappa shape index (κ3) is 2.92. The van der Waals surface area contributed by atoms with Gasteiger partial charge >= 0.3 is 0 Å². The van der Waals surface area contributed by atoms with E-state index in [-0.39, 0.29) is 17.2 Å². The van der Waals surface area contributed by atoms with Crippen LogP contribution in [0.5, 0.6) is 11.5 Å². The molecule has 0 fully saturated rings. The van der Waals surface area contributed by atoms with Crippen LogP contribution in [0.15, 0.2) is 18.2 Å². The Balaban J connectivity index is 2.97. The molecule has 18 heavy (non-hydrogen) atoms. The van der Waals surface area contributed by atoms with Crippen molar-refractivity contribution in [3.05, 3.63) is 23.8 Å². The van der Waals surface area contributed by atoms with Crippen molar-refractivity contribution in [2.75, 3.05) is 13.1 Å². The summed E-state index contributed by atoms with van der Waals surface area (Å²) in [5.74, 6) is -1.43. The molecule has 1 unspecified atom stereocenters. The summed E-state index contributed by atoms with van der Waals surface area (Å²) in [5.41, 5.74) is 0.0435. The van der Waals surface area contributed by atoms with Gasteiger partial charge in [-0.15, -0.1) is 0 Å². The highest BCUT2D eigenvalue weighted by atomic mass is 16.3. The molecule has 96 valence electrons. The van der Waals surface area contributed by atoms with E-state index in [1.807, 2.05) is 0 Å². The highest BCUT2D eigenvalue weighted by Crippen LogP contribution is 2.29. The summed E-state index contributed by atoms with van der Waals surface area (Å²) in [6.07, 6.45) is 0. The molecule has 0 aliphatic heterocycles. The third-order valence-corrected chi connectivity index (χ3v) is 2.63. The zero-order chi connectivity index (χ0) is 13.7. The van der Waals surface area contributed by atoms with Crippen molar-refractivity contribution in [1.29, 1.82) is 5.26 Å².